The van der Waals surface area contributed by atoms with Gasteiger partial charge in [0.25, 0.3) is 0 Å². The molecule has 0 N–H and O–H groups in total. The van der Waals surface area contributed by atoms with Crippen LogP contribution in [0.3, 0.4) is 0 Å². The highest BCUT2D eigenvalue weighted by Crippen LogP contribution is 1.71. The molecule has 76 valence electrons. The minimum atomic E-state index is 0.750. The average molecular weight is 192 g/mol. The van der Waals surface area contributed by atoms with Crippen LogP contribution in [-0.4, -0.2) is 12.6 Å². The van der Waals surface area contributed by atoms with E-state index in [4.69, 9.17) is 0 Å². The van der Waals surface area contributed by atoms with Crippen molar-refractivity contribution in [2.45, 2.75) is 13.8 Å². The summed E-state index contributed by atoms with van der Waals surface area (Å²) in [7, 11) is 0. The number of carbonyl (C=O) groups excluding carboxylic acids is 2. The zero-order chi connectivity index (χ0) is 11.1. The molecule has 2 heteroatoms. The Kier molecular flexibility index (Phi) is 18.4. The van der Waals surface area contributed by atoms with Crippen molar-refractivity contribution in [3.8, 4) is 0 Å². The molecular formula is C12H16O2. The third-order valence-corrected chi connectivity index (χ3v) is 0.986. The SMILES string of the molecule is CC=CC=CC=O.CC=CC=CC=O. The summed E-state index contributed by atoms with van der Waals surface area (Å²) < 4.78 is 0. The zero-order valence-electron chi connectivity index (χ0n) is 8.59. The molecule has 0 radical (unpaired) electrons. The summed E-state index contributed by atoms with van der Waals surface area (Å²) in [6, 6.07) is 0. The molecule has 0 aromatic rings. The highest BCUT2D eigenvalue weighted by atomic mass is 16.1. The van der Waals surface area contributed by atoms with Crippen molar-refractivity contribution in [2.24, 2.45) is 0 Å². The van der Waals surface area contributed by atoms with E-state index in [2.05, 4.69) is 0 Å². The fraction of sp³-hybridized carbons (Fsp3) is 0.167. The van der Waals surface area contributed by atoms with Crippen LogP contribution in [0.25, 0.3) is 0 Å². The third-order valence-electron chi connectivity index (χ3n) is 0.986. The Balaban J connectivity index is 0. The highest BCUT2D eigenvalue weighted by Gasteiger charge is 1.56. The molecule has 0 aliphatic heterocycles. The minimum absolute atomic E-state index is 0.750. The van der Waals surface area contributed by atoms with Crippen LogP contribution < -0.4 is 0 Å². The molecule has 0 spiro atoms. The predicted octanol–water partition coefficient (Wildman–Crippen LogP) is 2.64. The van der Waals surface area contributed by atoms with Gasteiger partial charge >= 0.3 is 0 Å². The predicted molar refractivity (Wildman–Crippen MR) is 60.0 cm³/mol. The molecule has 0 aromatic heterocycles. The summed E-state index contributed by atoms with van der Waals surface area (Å²) in [5, 5.41) is 0. The molecule has 0 heterocycles. The van der Waals surface area contributed by atoms with Crippen LogP contribution in [0.1, 0.15) is 13.8 Å². The molecular weight excluding hydrogens is 176 g/mol. The lowest BCUT2D eigenvalue weighted by Gasteiger charge is -1.62. The van der Waals surface area contributed by atoms with E-state index in [-0.39, 0.29) is 0 Å². The number of hydrogen-bond donors (Lipinski definition) is 0. The Morgan fingerprint density at radius 2 is 0.929 bits per heavy atom. The minimum Gasteiger partial charge on any atom is -0.299 e. The second-order valence-corrected chi connectivity index (χ2v) is 2.09. The average Bonchev–Trinajstić information content (AvgIpc) is 2.21. The smallest absolute Gasteiger partial charge is 0.142 e. The van der Waals surface area contributed by atoms with Crippen LogP contribution in [0.4, 0.5) is 0 Å². The van der Waals surface area contributed by atoms with Gasteiger partial charge in [-0.15, -0.1) is 0 Å². The summed E-state index contributed by atoms with van der Waals surface area (Å²) in [5.41, 5.74) is 0. The van der Waals surface area contributed by atoms with Crippen LogP contribution in [0, 0.1) is 0 Å². The fourth-order valence-corrected chi connectivity index (χ4v) is 0.441. The van der Waals surface area contributed by atoms with Crippen molar-refractivity contribution in [1.29, 1.82) is 0 Å². The molecule has 0 aliphatic rings. The standard InChI is InChI=1S/2C6H8O/c2*1-2-3-4-5-6-7/h2*2-6H,1H3. The second-order valence-electron chi connectivity index (χ2n) is 2.09. The van der Waals surface area contributed by atoms with Crippen molar-refractivity contribution in [3.63, 3.8) is 0 Å². The van der Waals surface area contributed by atoms with Gasteiger partial charge in [0, 0.05) is 0 Å². The molecule has 0 aliphatic carbocycles. The van der Waals surface area contributed by atoms with E-state index in [1.807, 2.05) is 26.0 Å². The van der Waals surface area contributed by atoms with E-state index >= 15 is 0 Å². The maximum absolute atomic E-state index is 9.56. The quantitative estimate of drug-likeness (QED) is 0.390. The van der Waals surface area contributed by atoms with Crippen LogP contribution in [-0.2, 0) is 9.59 Å². The van der Waals surface area contributed by atoms with Gasteiger partial charge in [0.15, 0.2) is 0 Å². The first-order chi connectivity index (χ1) is 6.83. The molecule has 0 bridgehead atoms. The molecule has 0 rings (SSSR count). The fourth-order valence-electron chi connectivity index (χ4n) is 0.441. The molecule has 0 aromatic carbocycles. The van der Waals surface area contributed by atoms with Gasteiger partial charge in [0.05, 0.1) is 0 Å². The van der Waals surface area contributed by atoms with Gasteiger partial charge in [0.1, 0.15) is 12.6 Å². The number of carbonyl (C=O) groups is 2. The maximum Gasteiger partial charge on any atom is 0.142 e. The van der Waals surface area contributed by atoms with Gasteiger partial charge in [-0.1, -0.05) is 36.5 Å². The lowest BCUT2D eigenvalue weighted by molar-refractivity contribution is -0.104. The molecule has 0 saturated heterocycles. The number of aldehydes is 2. The molecule has 0 amide bonds. The first-order valence-electron chi connectivity index (χ1n) is 4.29. The van der Waals surface area contributed by atoms with E-state index in [1.54, 1.807) is 24.3 Å². The van der Waals surface area contributed by atoms with Gasteiger partial charge in [-0.05, 0) is 26.0 Å². The van der Waals surface area contributed by atoms with Crippen molar-refractivity contribution in [2.75, 3.05) is 0 Å². The van der Waals surface area contributed by atoms with Crippen molar-refractivity contribution >= 4 is 12.6 Å². The lowest BCUT2D eigenvalue weighted by Crippen LogP contribution is -1.53. The highest BCUT2D eigenvalue weighted by molar-refractivity contribution is 5.65. The van der Waals surface area contributed by atoms with E-state index < -0.39 is 0 Å². The van der Waals surface area contributed by atoms with Crippen LogP contribution in [0.5, 0.6) is 0 Å². The monoisotopic (exact) mass is 192 g/mol. The van der Waals surface area contributed by atoms with Gasteiger partial charge in [-0.3, -0.25) is 9.59 Å². The Labute approximate surface area is 85.3 Å². The summed E-state index contributed by atoms with van der Waals surface area (Å²) in [5.74, 6) is 0. The molecule has 2 nitrogen and oxygen atoms in total. The summed E-state index contributed by atoms with van der Waals surface area (Å²) in [6.07, 6.45) is 15.1. The van der Waals surface area contributed by atoms with E-state index in [1.165, 1.54) is 12.2 Å². The summed E-state index contributed by atoms with van der Waals surface area (Å²) >= 11 is 0. The van der Waals surface area contributed by atoms with Crippen molar-refractivity contribution in [1.82, 2.24) is 0 Å². The molecule has 0 saturated carbocycles. The summed E-state index contributed by atoms with van der Waals surface area (Å²) in [4.78, 5) is 19.1. The zero-order valence-corrected chi connectivity index (χ0v) is 8.59. The first-order valence-corrected chi connectivity index (χ1v) is 4.29. The van der Waals surface area contributed by atoms with Crippen molar-refractivity contribution < 1.29 is 9.59 Å². The largest absolute Gasteiger partial charge is 0.299 e. The topological polar surface area (TPSA) is 34.1 Å². The second kappa shape index (κ2) is 17.4. The van der Waals surface area contributed by atoms with Gasteiger partial charge in [-0.25, -0.2) is 0 Å². The molecule has 0 fully saturated rings. The number of rotatable bonds is 4. The van der Waals surface area contributed by atoms with Gasteiger partial charge in [0.2, 0.25) is 0 Å². The Morgan fingerprint density at radius 3 is 1.14 bits per heavy atom. The third kappa shape index (κ3) is 22.4. The van der Waals surface area contributed by atoms with Crippen molar-refractivity contribution in [3.05, 3.63) is 48.6 Å². The Bertz CT molecular complexity index is 207. The number of hydrogen-bond acceptors (Lipinski definition) is 2. The first kappa shape index (κ1) is 14.8. The Morgan fingerprint density at radius 1 is 0.571 bits per heavy atom. The Hall–Kier alpha value is -1.70. The number of allylic oxidation sites excluding steroid dienone is 8. The van der Waals surface area contributed by atoms with Crippen LogP contribution in [0.2, 0.25) is 0 Å². The van der Waals surface area contributed by atoms with Gasteiger partial charge < -0.3 is 0 Å². The van der Waals surface area contributed by atoms with E-state index in [0.29, 0.717) is 0 Å². The molecule has 14 heavy (non-hydrogen) atoms. The van der Waals surface area contributed by atoms with Crippen LogP contribution in [0.15, 0.2) is 48.6 Å². The normalized spacial score (nSPS) is 11.0. The molecule has 0 unspecified atom stereocenters. The molecule has 0 atom stereocenters. The summed E-state index contributed by atoms with van der Waals surface area (Å²) in [6.45, 7) is 3.80. The van der Waals surface area contributed by atoms with Crippen LogP contribution >= 0.6 is 0 Å². The van der Waals surface area contributed by atoms with E-state index in [0.717, 1.165) is 12.6 Å². The van der Waals surface area contributed by atoms with E-state index in [9.17, 15) is 9.59 Å². The maximum atomic E-state index is 9.56. The van der Waals surface area contributed by atoms with Gasteiger partial charge in [-0.2, -0.15) is 0 Å². The lowest BCUT2D eigenvalue weighted by atomic mass is 10.5.